The summed E-state index contributed by atoms with van der Waals surface area (Å²) in [4.78, 5) is 37.8. The zero-order valence-corrected chi connectivity index (χ0v) is 23.0. The molecule has 0 radical (unpaired) electrons. The number of rotatable bonds is 6. The Balaban J connectivity index is 2.11. The Bertz CT molecular complexity index is 910. The standard InChI is InChI=1S/C28H43NO9/c1-18(17-36-27(34)29-14-12-23(32)16-29)7-6-8-19(2)26-20(3)9-10-24(37-21(4)30)28(5,35)13-11-22(31)15-25(33)38-26/h6-10,18,20,22-24,26,31-32,35H,11-17H2,1-5H3/b7-6+,10-9-,19-8+/t18-,20+,22+,23-,24+,26-,28+/m1/s1. The van der Waals surface area contributed by atoms with Gasteiger partial charge in [0.25, 0.3) is 0 Å². The van der Waals surface area contributed by atoms with Crippen LogP contribution in [0.5, 0.6) is 0 Å². The second kappa shape index (κ2) is 14.5. The number of ether oxygens (including phenoxy) is 3. The summed E-state index contributed by atoms with van der Waals surface area (Å²) < 4.78 is 16.4. The number of hydrogen-bond donors (Lipinski definition) is 3. The van der Waals surface area contributed by atoms with Crippen LogP contribution >= 0.6 is 0 Å². The highest BCUT2D eigenvalue weighted by molar-refractivity contribution is 5.70. The van der Waals surface area contributed by atoms with Gasteiger partial charge in [0, 0.05) is 31.8 Å². The maximum atomic E-state index is 12.5. The Morgan fingerprint density at radius 1 is 1.24 bits per heavy atom. The van der Waals surface area contributed by atoms with E-state index in [2.05, 4.69) is 0 Å². The average molecular weight is 538 g/mol. The molecule has 2 rings (SSSR count). The molecular formula is C28H43NO9. The summed E-state index contributed by atoms with van der Waals surface area (Å²) in [5.74, 6) is -1.50. The number of carbonyl (C=O) groups is 3. The van der Waals surface area contributed by atoms with Gasteiger partial charge in [0.2, 0.25) is 0 Å². The van der Waals surface area contributed by atoms with Gasteiger partial charge < -0.3 is 34.4 Å². The van der Waals surface area contributed by atoms with Crippen molar-refractivity contribution >= 4 is 18.0 Å². The third kappa shape index (κ3) is 10.2. The maximum absolute atomic E-state index is 12.5. The Morgan fingerprint density at radius 3 is 2.58 bits per heavy atom. The van der Waals surface area contributed by atoms with Crippen molar-refractivity contribution in [2.75, 3.05) is 19.7 Å². The van der Waals surface area contributed by atoms with Gasteiger partial charge in [-0.3, -0.25) is 9.59 Å². The van der Waals surface area contributed by atoms with Gasteiger partial charge in [0.15, 0.2) is 0 Å². The van der Waals surface area contributed by atoms with Crippen molar-refractivity contribution in [3.63, 3.8) is 0 Å². The number of esters is 2. The van der Waals surface area contributed by atoms with Crippen molar-refractivity contribution in [2.24, 2.45) is 11.8 Å². The number of hydrogen-bond acceptors (Lipinski definition) is 9. The van der Waals surface area contributed by atoms with E-state index in [4.69, 9.17) is 14.2 Å². The minimum Gasteiger partial charge on any atom is -0.457 e. The van der Waals surface area contributed by atoms with E-state index in [1.807, 2.05) is 26.8 Å². The van der Waals surface area contributed by atoms with Crippen molar-refractivity contribution in [1.82, 2.24) is 4.90 Å². The molecule has 0 aromatic heterocycles. The van der Waals surface area contributed by atoms with E-state index in [9.17, 15) is 29.7 Å². The normalized spacial score (nSPS) is 33.2. The molecule has 1 saturated heterocycles. The minimum absolute atomic E-state index is 0.0754. The molecule has 2 aliphatic heterocycles. The van der Waals surface area contributed by atoms with Crippen molar-refractivity contribution < 1.29 is 43.9 Å². The average Bonchev–Trinajstić information content (AvgIpc) is 3.27. The quantitative estimate of drug-likeness (QED) is 0.202. The van der Waals surface area contributed by atoms with E-state index in [0.29, 0.717) is 13.0 Å². The first-order valence-corrected chi connectivity index (χ1v) is 13.2. The first-order chi connectivity index (χ1) is 17.8. The first kappa shape index (κ1) is 31.5. The molecule has 1 amide bonds. The van der Waals surface area contributed by atoms with E-state index in [1.54, 1.807) is 24.3 Å². The van der Waals surface area contributed by atoms with Crippen LogP contribution in [0.1, 0.15) is 60.3 Å². The van der Waals surface area contributed by atoms with Crippen molar-refractivity contribution in [3.8, 4) is 0 Å². The molecule has 0 saturated carbocycles. The van der Waals surface area contributed by atoms with Gasteiger partial charge in [-0.05, 0) is 44.8 Å². The summed E-state index contributed by atoms with van der Waals surface area (Å²) in [5, 5.41) is 30.8. The smallest absolute Gasteiger partial charge is 0.409 e. The highest BCUT2D eigenvalue weighted by atomic mass is 16.6. The maximum Gasteiger partial charge on any atom is 0.409 e. The molecule has 10 heteroatoms. The largest absolute Gasteiger partial charge is 0.457 e. The fourth-order valence-electron chi connectivity index (χ4n) is 4.38. The number of amides is 1. The van der Waals surface area contributed by atoms with Gasteiger partial charge in [-0.15, -0.1) is 0 Å². The fourth-order valence-corrected chi connectivity index (χ4v) is 4.38. The van der Waals surface area contributed by atoms with Gasteiger partial charge >= 0.3 is 18.0 Å². The number of nitrogens with zero attached hydrogens (tertiary/aromatic N) is 1. The summed E-state index contributed by atoms with van der Waals surface area (Å²) >= 11 is 0. The van der Waals surface area contributed by atoms with E-state index < -0.39 is 48.0 Å². The first-order valence-electron chi connectivity index (χ1n) is 13.2. The van der Waals surface area contributed by atoms with Crippen LogP contribution in [0.4, 0.5) is 4.79 Å². The summed E-state index contributed by atoms with van der Waals surface area (Å²) in [5.41, 5.74) is -0.687. The highest BCUT2D eigenvalue weighted by Crippen LogP contribution is 2.27. The lowest BCUT2D eigenvalue weighted by Crippen LogP contribution is -2.42. The van der Waals surface area contributed by atoms with Gasteiger partial charge in [-0.25, -0.2) is 4.79 Å². The Labute approximate surface area is 224 Å². The Morgan fingerprint density at radius 2 is 1.95 bits per heavy atom. The molecule has 38 heavy (non-hydrogen) atoms. The van der Waals surface area contributed by atoms with Crippen LogP contribution in [0.2, 0.25) is 0 Å². The molecular weight excluding hydrogens is 494 g/mol. The van der Waals surface area contributed by atoms with Crippen LogP contribution in [-0.4, -0.2) is 88.0 Å². The molecule has 0 aliphatic carbocycles. The predicted octanol–water partition coefficient (Wildman–Crippen LogP) is 2.66. The van der Waals surface area contributed by atoms with Crippen LogP contribution in [-0.2, 0) is 23.8 Å². The second-order valence-electron chi connectivity index (χ2n) is 10.7. The molecule has 0 bridgehead atoms. The van der Waals surface area contributed by atoms with E-state index in [0.717, 1.165) is 5.57 Å². The predicted molar refractivity (Wildman–Crippen MR) is 140 cm³/mol. The Hall–Kier alpha value is -2.69. The third-order valence-electron chi connectivity index (χ3n) is 6.76. The molecule has 0 aromatic rings. The van der Waals surface area contributed by atoms with Crippen LogP contribution in [0.25, 0.3) is 0 Å². The summed E-state index contributed by atoms with van der Waals surface area (Å²) in [6.45, 7) is 9.31. The van der Waals surface area contributed by atoms with Crippen LogP contribution in [0.3, 0.4) is 0 Å². The molecule has 3 N–H and O–H groups in total. The zero-order valence-electron chi connectivity index (χ0n) is 23.0. The lowest BCUT2D eigenvalue weighted by molar-refractivity contribution is -0.157. The minimum atomic E-state index is -1.43. The highest BCUT2D eigenvalue weighted by Gasteiger charge is 2.35. The number of allylic oxidation sites excluding steroid dienone is 2. The fraction of sp³-hybridized carbons (Fsp3) is 0.679. The third-order valence-corrected chi connectivity index (χ3v) is 6.76. The second-order valence-corrected chi connectivity index (χ2v) is 10.7. The summed E-state index contributed by atoms with van der Waals surface area (Å²) in [7, 11) is 0. The molecule has 214 valence electrons. The SMILES string of the molecule is CC(=O)O[C@H]1/C=C\[C@H](C)[C@@H](/C(C)=C/C=C/[C@@H](C)COC(=O)N2CC[C@@H](O)C2)OC(=O)C[C@@H](O)CC[C@]1(C)O. The molecule has 0 unspecified atom stereocenters. The number of β-amino-alcohol motifs (C(OH)–C–C–N with tert-alkyl or cyclic N) is 1. The van der Waals surface area contributed by atoms with Gasteiger partial charge in [-0.1, -0.05) is 38.2 Å². The number of likely N-dealkylation sites (tertiary alicyclic amines) is 1. The van der Waals surface area contributed by atoms with Gasteiger partial charge in [-0.2, -0.15) is 0 Å². The van der Waals surface area contributed by atoms with Crippen molar-refractivity contribution in [3.05, 3.63) is 36.0 Å². The number of aliphatic hydroxyl groups excluding tert-OH is 2. The van der Waals surface area contributed by atoms with Crippen molar-refractivity contribution in [2.45, 2.75) is 90.3 Å². The molecule has 1 fully saturated rings. The van der Waals surface area contributed by atoms with Gasteiger partial charge in [0.05, 0.1) is 25.2 Å². The number of aliphatic hydroxyl groups is 3. The lowest BCUT2D eigenvalue weighted by Gasteiger charge is -2.32. The molecule has 10 nitrogen and oxygen atoms in total. The van der Waals surface area contributed by atoms with Crippen LogP contribution in [0.15, 0.2) is 36.0 Å². The zero-order chi connectivity index (χ0) is 28.5. The summed E-state index contributed by atoms with van der Waals surface area (Å²) in [6, 6.07) is 0. The van der Waals surface area contributed by atoms with Crippen LogP contribution < -0.4 is 0 Å². The number of carbonyl (C=O) groups excluding carboxylic acids is 3. The molecule has 2 heterocycles. The Kier molecular flexibility index (Phi) is 12.0. The van der Waals surface area contributed by atoms with E-state index in [-0.39, 0.29) is 44.2 Å². The van der Waals surface area contributed by atoms with Crippen LogP contribution in [0, 0.1) is 11.8 Å². The van der Waals surface area contributed by atoms with E-state index in [1.165, 1.54) is 18.7 Å². The topological polar surface area (TPSA) is 143 Å². The molecule has 0 spiro atoms. The molecule has 0 aromatic carbocycles. The van der Waals surface area contributed by atoms with Gasteiger partial charge in [0.1, 0.15) is 17.8 Å². The lowest BCUT2D eigenvalue weighted by atomic mass is 9.88. The van der Waals surface area contributed by atoms with Crippen molar-refractivity contribution in [1.29, 1.82) is 0 Å². The molecule has 2 aliphatic rings. The molecule has 7 atom stereocenters. The number of cyclic esters (lactones) is 1. The van der Waals surface area contributed by atoms with E-state index >= 15 is 0 Å². The monoisotopic (exact) mass is 537 g/mol. The summed E-state index contributed by atoms with van der Waals surface area (Å²) in [6.07, 6.45) is 5.86.